The molecule has 0 bridgehead atoms. The number of aromatic nitrogens is 2. The summed E-state index contributed by atoms with van der Waals surface area (Å²) in [6, 6.07) is 6.93. The Labute approximate surface area is 178 Å². The summed E-state index contributed by atoms with van der Waals surface area (Å²) in [4.78, 5) is 24.9. The van der Waals surface area contributed by atoms with Crippen molar-refractivity contribution < 1.29 is 32.0 Å². The molecule has 0 amide bonds. The predicted octanol–water partition coefficient (Wildman–Crippen LogP) is 2.09. The molecule has 0 fully saturated rings. The van der Waals surface area contributed by atoms with E-state index in [1.165, 1.54) is 19.2 Å². The molecule has 0 saturated heterocycles. The molecule has 11 heteroatoms. The molecule has 0 aliphatic carbocycles. The fourth-order valence-corrected chi connectivity index (χ4v) is 3.71. The minimum absolute atomic E-state index is 0.0874. The van der Waals surface area contributed by atoms with Crippen LogP contribution in [0.5, 0.6) is 5.75 Å². The number of nitrogens with two attached hydrogens (primary N) is 1. The third-order valence-electron chi connectivity index (χ3n) is 4.63. The highest BCUT2D eigenvalue weighted by Crippen LogP contribution is 2.24. The summed E-state index contributed by atoms with van der Waals surface area (Å²) in [5.74, 6) is -0.108. The Kier molecular flexibility index (Phi) is 6.00. The first-order valence-electron chi connectivity index (χ1n) is 9.06. The molecule has 3 rings (SSSR count). The van der Waals surface area contributed by atoms with Crippen LogP contribution in [0.1, 0.15) is 37.9 Å². The fourth-order valence-electron chi connectivity index (χ4n) is 3.17. The molecule has 0 radical (unpaired) electrons. The second-order valence-electron chi connectivity index (χ2n) is 6.82. The monoisotopic (exact) mass is 447 g/mol. The van der Waals surface area contributed by atoms with Crippen LogP contribution in [0.2, 0.25) is 0 Å². The van der Waals surface area contributed by atoms with Gasteiger partial charge >= 0.3 is 5.97 Å². The maximum absolute atomic E-state index is 12.7. The average molecular weight is 447 g/mol. The first kappa shape index (κ1) is 22.2. The zero-order valence-electron chi connectivity index (χ0n) is 17.3. The zero-order valence-corrected chi connectivity index (χ0v) is 18.1. The number of sulfonamides is 1. The fraction of sp³-hybridized carbons (Fsp3) is 0.250. The van der Waals surface area contributed by atoms with Gasteiger partial charge in [0.05, 0.1) is 12.0 Å². The molecule has 0 saturated carbocycles. The van der Waals surface area contributed by atoms with E-state index in [0.29, 0.717) is 22.8 Å². The van der Waals surface area contributed by atoms with Crippen LogP contribution in [0.3, 0.4) is 0 Å². The third-order valence-corrected chi connectivity index (χ3v) is 5.54. The Bertz CT molecular complexity index is 1270. The first-order chi connectivity index (χ1) is 14.5. The van der Waals surface area contributed by atoms with Crippen LogP contribution < -0.4 is 9.88 Å². The number of nitrogens with zero attached hydrogens (tertiary/aromatic N) is 2. The van der Waals surface area contributed by atoms with E-state index in [4.69, 9.17) is 19.1 Å². The third kappa shape index (κ3) is 4.52. The standard InChI is InChI=1S/C20H21N3O7S/c1-11-7-15(13(3)23(11)19-8-12(2)30-22-19)17(24)10-29-20(25)16-9-14(31(21,26)27)5-6-18(16)28-4/h5-9H,10H2,1-4H3,(H2,21,26,27). The van der Waals surface area contributed by atoms with Crippen LogP contribution in [-0.2, 0) is 14.8 Å². The Balaban J connectivity index is 1.81. The highest BCUT2D eigenvalue weighted by molar-refractivity contribution is 7.89. The molecule has 31 heavy (non-hydrogen) atoms. The first-order valence-corrected chi connectivity index (χ1v) is 10.6. The lowest BCUT2D eigenvalue weighted by Gasteiger charge is -2.10. The number of ether oxygens (including phenoxy) is 2. The molecule has 10 nitrogen and oxygen atoms in total. The van der Waals surface area contributed by atoms with Crippen molar-refractivity contribution in [3.8, 4) is 11.6 Å². The number of Topliss-reactive ketones (excluding diaryl/α,β-unsaturated/α-hetero) is 1. The lowest BCUT2D eigenvalue weighted by molar-refractivity contribution is 0.0471. The predicted molar refractivity (Wildman–Crippen MR) is 109 cm³/mol. The van der Waals surface area contributed by atoms with Crippen LogP contribution in [0.15, 0.2) is 39.8 Å². The Morgan fingerprint density at radius 3 is 2.42 bits per heavy atom. The van der Waals surface area contributed by atoms with E-state index < -0.39 is 28.4 Å². The molecule has 0 atom stereocenters. The summed E-state index contributed by atoms with van der Waals surface area (Å²) in [5, 5.41) is 9.07. The highest BCUT2D eigenvalue weighted by atomic mass is 32.2. The van der Waals surface area contributed by atoms with Crippen LogP contribution in [0.25, 0.3) is 5.82 Å². The minimum atomic E-state index is -4.04. The molecule has 164 valence electrons. The van der Waals surface area contributed by atoms with Gasteiger partial charge in [-0.15, -0.1) is 0 Å². The molecule has 0 aliphatic heterocycles. The van der Waals surface area contributed by atoms with Crippen LogP contribution in [-0.4, -0.2) is 43.6 Å². The number of aryl methyl sites for hydroxylation is 2. The minimum Gasteiger partial charge on any atom is -0.496 e. The van der Waals surface area contributed by atoms with Gasteiger partial charge in [-0.3, -0.25) is 9.36 Å². The molecule has 2 N–H and O–H groups in total. The van der Waals surface area contributed by atoms with E-state index in [2.05, 4.69) is 5.16 Å². The molecule has 0 unspecified atom stereocenters. The maximum atomic E-state index is 12.7. The lowest BCUT2D eigenvalue weighted by atomic mass is 10.1. The van der Waals surface area contributed by atoms with Crippen molar-refractivity contribution in [2.24, 2.45) is 5.14 Å². The lowest BCUT2D eigenvalue weighted by Crippen LogP contribution is -2.17. The summed E-state index contributed by atoms with van der Waals surface area (Å²) >= 11 is 0. The zero-order chi connectivity index (χ0) is 22.9. The van der Waals surface area contributed by atoms with Gasteiger partial charge in [0.25, 0.3) is 0 Å². The van der Waals surface area contributed by atoms with Gasteiger partial charge < -0.3 is 14.0 Å². The number of carbonyl (C=O) groups is 2. The molecule has 1 aromatic carbocycles. The van der Waals surface area contributed by atoms with Crippen molar-refractivity contribution >= 4 is 21.8 Å². The van der Waals surface area contributed by atoms with Gasteiger partial charge in [-0.2, -0.15) is 0 Å². The van der Waals surface area contributed by atoms with Gasteiger partial charge in [0.1, 0.15) is 17.1 Å². The van der Waals surface area contributed by atoms with Crippen molar-refractivity contribution in [1.82, 2.24) is 9.72 Å². The second kappa shape index (κ2) is 8.36. The number of esters is 1. The summed E-state index contributed by atoms with van der Waals surface area (Å²) < 4.78 is 40.2. The summed E-state index contributed by atoms with van der Waals surface area (Å²) in [6.07, 6.45) is 0. The molecule has 0 spiro atoms. The molecule has 3 aromatic rings. The Hall–Kier alpha value is -3.44. The summed E-state index contributed by atoms with van der Waals surface area (Å²) in [7, 11) is -2.72. The number of hydrogen-bond donors (Lipinski definition) is 1. The summed E-state index contributed by atoms with van der Waals surface area (Å²) in [5.41, 5.74) is 1.56. The van der Waals surface area contributed by atoms with Gasteiger partial charge in [-0.1, -0.05) is 5.16 Å². The van der Waals surface area contributed by atoms with Crippen molar-refractivity contribution in [3.05, 3.63) is 58.6 Å². The van der Waals surface area contributed by atoms with Gasteiger partial charge in [0, 0.05) is 23.0 Å². The van der Waals surface area contributed by atoms with Crippen molar-refractivity contribution in [3.63, 3.8) is 0 Å². The molecule has 2 heterocycles. The van der Waals surface area contributed by atoms with Gasteiger partial charge in [-0.25, -0.2) is 18.4 Å². The van der Waals surface area contributed by atoms with Crippen LogP contribution >= 0.6 is 0 Å². The number of ketones is 1. The second-order valence-corrected chi connectivity index (χ2v) is 8.38. The van der Waals surface area contributed by atoms with Crippen molar-refractivity contribution in [2.45, 2.75) is 25.7 Å². The maximum Gasteiger partial charge on any atom is 0.342 e. The normalized spacial score (nSPS) is 11.4. The smallest absolute Gasteiger partial charge is 0.342 e. The van der Waals surface area contributed by atoms with E-state index in [0.717, 1.165) is 11.8 Å². The highest BCUT2D eigenvalue weighted by Gasteiger charge is 2.22. The number of methoxy groups -OCH3 is 1. The SMILES string of the molecule is COc1ccc(S(N)(=O)=O)cc1C(=O)OCC(=O)c1cc(C)n(-c2cc(C)on2)c1C. The van der Waals surface area contributed by atoms with Gasteiger partial charge in [-0.05, 0) is 45.0 Å². The average Bonchev–Trinajstić information content (AvgIpc) is 3.26. The number of hydrogen-bond acceptors (Lipinski definition) is 8. The van der Waals surface area contributed by atoms with Crippen LogP contribution in [0.4, 0.5) is 0 Å². The van der Waals surface area contributed by atoms with E-state index in [1.54, 1.807) is 30.5 Å². The largest absolute Gasteiger partial charge is 0.496 e. The number of benzene rings is 1. The van der Waals surface area contributed by atoms with Gasteiger partial charge in [0.2, 0.25) is 15.8 Å². The van der Waals surface area contributed by atoms with Crippen molar-refractivity contribution in [2.75, 3.05) is 13.7 Å². The molecule has 2 aromatic heterocycles. The number of rotatable bonds is 7. The Morgan fingerprint density at radius 2 is 1.84 bits per heavy atom. The number of carbonyl (C=O) groups excluding carboxylic acids is 2. The van der Waals surface area contributed by atoms with E-state index in [1.807, 2.05) is 6.92 Å². The van der Waals surface area contributed by atoms with E-state index in [-0.39, 0.29) is 16.2 Å². The topological polar surface area (TPSA) is 144 Å². The number of primary sulfonamides is 1. The molecular formula is C20H21N3O7S. The van der Waals surface area contributed by atoms with E-state index >= 15 is 0 Å². The quantitative estimate of drug-likeness (QED) is 0.428. The summed E-state index contributed by atoms with van der Waals surface area (Å²) in [6.45, 7) is 4.76. The van der Waals surface area contributed by atoms with Crippen molar-refractivity contribution in [1.29, 1.82) is 0 Å². The Morgan fingerprint density at radius 1 is 1.13 bits per heavy atom. The van der Waals surface area contributed by atoms with E-state index in [9.17, 15) is 18.0 Å². The molecule has 0 aliphatic rings. The molecular weight excluding hydrogens is 426 g/mol. The van der Waals surface area contributed by atoms with Gasteiger partial charge in [0.15, 0.2) is 12.4 Å². The van der Waals surface area contributed by atoms with Crippen LogP contribution in [0, 0.1) is 20.8 Å².